The third-order valence-electron chi connectivity index (χ3n) is 4.20. The summed E-state index contributed by atoms with van der Waals surface area (Å²) < 4.78 is 8.75. The SMILES string of the molecule is CCc1cnn2c(OC(=O)NCc3cn4cccc(C)c4n3)cc(Cl)nc12. The van der Waals surface area contributed by atoms with Gasteiger partial charge in [-0.3, -0.25) is 0 Å². The number of hydrogen-bond acceptors (Lipinski definition) is 5. The van der Waals surface area contributed by atoms with E-state index in [9.17, 15) is 4.79 Å². The number of carbonyl (C=O) groups excluding carboxylic acids is 1. The molecular weight excluding hydrogens is 368 g/mol. The van der Waals surface area contributed by atoms with Crippen molar-refractivity contribution in [2.45, 2.75) is 26.8 Å². The molecule has 4 aromatic heterocycles. The van der Waals surface area contributed by atoms with E-state index in [0.717, 1.165) is 28.9 Å². The Kier molecular flexibility index (Phi) is 4.41. The van der Waals surface area contributed by atoms with E-state index >= 15 is 0 Å². The molecule has 0 aliphatic heterocycles. The summed E-state index contributed by atoms with van der Waals surface area (Å²) in [7, 11) is 0. The lowest BCUT2D eigenvalue weighted by molar-refractivity contribution is 0.196. The highest BCUT2D eigenvalue weighted by Crippen LogP contribution is 2.21. The number of nitrogens with one attached hydrogen (secondary N) is 1. The predicted octanol–water partition coefficient (Wildman–Crippen LogP) is 3.19. The van der Waals surface area contributed by atoms with Crippen molar-refractivity contribution in [3.05, 3.63) is 58.8 Å². The fourth-order valence-corrected chi connectivity index (χ4v) is 3.03. The van der Waals surface area contributed by atoms with Crippen LogP contribution in [0.2, 0.25) is 5.15 Å². The second kappa shape index (κ2) is 6.88. The number of aromatic nitrogens is 5. The van der Waals surface area contributed by atoms with Crippen molar-refractivity contribution in [1.29, 1.82) is 0 Å². The van der Waals surface area contributed by atoms with E-state index < -0.39 is 6.09 Å². The molecule has 0 saturated heterocycles. The molecule has 1 amide bonds. The Morgan fingerprint density at radius 1 is 1.33 bits per heavy atom. The van der Waals surface area contributed by atoms with Crippen LogP contribution in [0.5, 0.6) is 5.88 Å². The third kappa shape index (κ3) is 3.31. The number of nitrogens with zero attached hydrogens (tertiary/aromatic N) is 5. The van der Waals surface area contributed by atoms with Gasteiger partial charge in [-0.15, -0.1) is 0 Å². The maximum atomic E-state index is 12.2. The molecule has 0 unspecified atom stereocenters. The van der Waals surface area contributed by atoms with Crippen molar-refractivity contribution in [2.24, 2.45) is 0 Å². The van der Waals surface area contributed by atoms with Gasteiger partial charge in [0.05, 0.1) is 18.4 Å². The maximum Gasteiger partial charge on any atom is 0.414 e. The van der Waals surface area contributed by atoms with Crippen LogP contribution in [-0.2, 0) is 13.0 Å². The van der Waals surface area contributed by atoms with Gasteiger partial charge in [0.25, 0.3) is 0 Å². The fraction of sp³-hybridized carbons (Fsp3) is 0.222. The van der Waals surface area contributed by atoms with E-state index in [0.29, 0.717) is 5.65 Å². The molecule has 0 aliphatic carbocycles. The standard InChI is InChI=1S/C18H17ClN6O2/c1-3-12-8-21-25-15(7-14(19)23-17(12)25)27-18(26)20-9-13-10-24-6-4-5-11(2)16(24)22-13/h4-8,10H,3,9H2,1-2H3,(H,20,26). The lowest BCUT2D eigenvalue weighted by atomic mass is 10.3. The number of halogens is 1. The highest BCUT2D eigenvalue weighted by molar-refractivity contribution is 6.29. The summed E-state index contributed by atoms with van der Waals surface area (Å²) in [6.07, 6.45) is 5.58. The smallest absolute Gasteiger partial charge is 0.391 e. The van der Waals surface area contributed by atoms with Crippen molar-refractivity contribution >= 4 is 29.0 Å². The van der Waals surface area contributed by atoms with Crippen molar-refractivity contribution in [1.82, 2.24) is 29.3 Å². The first kappa shape index (κ1) is 17.3. The maximum absolute atomic E-state index is 12.2. The van der Waals surface area contributed by atoms with Crippen LogP contribution >= 0.6 is 11.6 Å². The summed E-state index contributed by atoms with van der Waals surface area (Å²) in [5.74, 6) is 0.202. The zero-order valence-corrected chi connectivity index (χ0v) is 15.6. The minimum absolute atomic E-state index is 0.202. The van der Waals surface area contributed by atoms with E-state index in [1.165, 1.54) is 10.6 Å². The molecule has 4 aromatic rings. The molecule has 4 heterocycles. The van der Waals surface area contributed by atoms with Gasteiger partial charge in [-0.1, -0.05) is 24.6 Å². The molecule has 0 spiro atoms. The Labute approximate surface area is 159 Å². The van der Waals surface area contributed by atoms with Crippen molar-refractivity contribution in [3.63, 3.8) is 0 Å². The molecule has 0 bridgehead atoms. The lowest BCUT2D eigenvalue weighted by Gasteiger charge is -2.07. The van der Waals surface area contributed by atoms with Crippen LogP contribution < -0.4 is 10.1 Å². The van der Waals surface area contributed by atoms with Gasteiger partial charge < -0.3 is 14.5 Å². The van der Waals surface area contributed by atoms with E-state index in [4.69, 9.17) is 16.3 Å². The monoisotopic (exact) mass is 384 g/mol. The number of pyridine rings is 1. The Balaban J connectivity index is 1.50. The molecule has 0 fully saturated rings. The largest absolute Gasteiger partial charge is 0.414 e. The number of imidazole rings is 1. The van der Waals surface area contributed by atoms with Gasteiger partial charge in [0.15, 0.2) is 5.65 Å². The zero-order chi connectivity index (χ0) is 19.0. The van der Waals surface area contributed by atoms with Crippen LogP contribution in [0.15, 0.2) is 36.8 Å². The van der Waals surface area contributed by atoms with Crippen molar-refractivity contribution in [2.75, 3.05) is 0 Å². The molecule has 0 atom stereocenters. The van der Waals surface area contributed by atoms with Crippen LogP contribution in [0.25, 0.3) is 11.3 Å². The normalized spacial score (nSPS) is 11.2. The predicted molar refractivity (Wildman–Crippen MR) is 100 cm³/mol. The Morgan fingerprint density at radius 2 is 2.19 bits per heavy atom. The number of hydrogen-bond donors (Lipinski definition) is 1. The molecule has 0 aliphatic rings. The van der Waals surface area contributed by atoms with Gasteiger partial charge >= 0.3 is 6.09 Å². The summed E-state index contributed by atoms with van der Waals surface area (Å²) >= 11 is 6.05. The van der Waals surface area contributed by atoms with E-state index in [-0.39, 0.29) is 17.6 Å². The molecule has 8 nitrogen and oxygen atoms in total. The summed E-state index contributed by atoms with van der Waals surface area (Å²) in [4.78, 5) is 21.0. The first-order chi connectivity index (χ1) is 13.0. The molecule has 1 N–H and O–H groups in total. The molecule has 0 saturated carbocycles. The second-order valence-corrected chi connectivity index (χ2v) is 6.46. The first-order valence-corrected chi connectivity index (χ1v) is 8.85. The molecular formula is C18H17ClN6O2. The molecule has 0 aromatic carbocycles. The van der Waals surface area contributed by atoms with Gasteiger partial charge in [0.1, 0.15) is 10.8 Å². The molecule has 0 radical (unpaired) electrons. The Bertz CT molecular complexity index is 1150. The highest BCUT2D eigenvalue weighted by Gasteiger charge is 2.14. The van der Waals surface area contributed by atoms with Gasteiger partial charge in [-0.2, -0.15) is 9.61 Å². The minimum Gasteiger partial charge on any atom is -0.391 e. The van der Waals surface area contributed by atoms with Crippen LogP contribution in [0.1, 0.15) is 23.7 Å². The lowest BCUT2D eigenvalue weighted by Crippen LogP contribution is -2.27. The van der Waals surface area contributed by atoms with E-state index in [1.54, 1.807) is 6.20 Å². The summed E-state index contributed by atoms with van der Waals surface area (Å²) in [5, 5.41) is 7.14. The number of carbonyl (C=O) groups is 1. The van der Waals surface area contributed by atoms with Crippen LogP contribution in [-0.4, -0.2) is 30.1 Å². The summed E-state index contributed by atoms with van der Waals surface area (Å²) in [5.41, 5.74) is 4.14. The summed E-state index contributed by atoms with van der Waals surface area (Å²) in [6, 6.07) is 5.39. The number of rotatable bonds is 4. The van der Waals surface area contributed by atoms with Gasteiger partial charge in [0.2, 0.25) is 5.88 Å². The highest BCUT2D eigenvalue weighted by atomic mass is 35.5. The molecule has 27 heavy (non-hydrogen) atoms. The minimum atomic E-state index is -0.624. The van der Waals surface area contributed by atoms with Crippen molar-refractivity contribution < 1.29 is 9.53 Å². The van der Waals surface area contributed by atoms with Crippen LogP contribution in [0, 0.1) is 6.92 Å². The quantitative estimate of drug-likeness (QED) is 0.546. The average Bonchev–Trinajstić information content (AvgIpc) is 3.24. The number of aryl methyl sites for hydroxylation is 2. The van der Waals surface area contributed by atoms with Gasteiger partial charge in [-0.25, -0.2) is 14.8 Å². The molecule has 138 valence electrons. The van der Waals surface area contributed by atoms with E-state index in [1.807, 2.05) is 42.8 Å². The topological polar surface area (TPSA) is 85.8 Å². The van der Waals surface area contributed by atoms with Gasteiger partial charge in [0, 0.05) is 24.0 Å². The van der Waals surface area contributed by atoms with Crippen molar-refractivity contribution in [3.8, 4) is 5.88 Å². The van der Waals surface area contributed by atoms with E-state index in [2.05, 4.69) is 20.4 Å². The number of fused-ring (bicyclic) bond motifs is 2. The third-order valence-corrected chi connectivity index (χ3v) is 4.39. The Morgan fingerprint density at radius 3 is 2.96 bits per heavy atom. The number of ether oxygens (including phenoxy) is 1. The first-order valence-electron chi connectivity index (χ1n) is 8.47. The summed E-state index contributed by atoms with van der Waals surface area (Å²) in [6.45, 7) is 4.21. The zero-order valence-electron chi connectivity index (χ0n) is 14.8. The van der Waals surface area contributed by atoms with Gasteiger partial charge in [-0.05, 0) is 25.0 Å². The molecule has 9 heteroatoms. The fourth-order valence-electron chi connectivity index (χ4n) is 2.86. The molecule has 4 rings (SSSR count). The second-order valence-electron chi connectivity index (χ2n) is 6.07. The Hall–Kier alpha value is -3.13. The average molecular weight is 385 g/mol. The van der Waals surface area contributed by atoms with Crippen LogP contribution in [0.3, 0.4) is 0 Å². The van der Waals surface area contributed by atoms with Crippen LogP contribution in [0.4, 0.5) is 4.79 Å². The number of amides is 1.